The fourth-order valence-electron chi connectivity index (χ4n) is 3.00. The lowest BCUT2D eigenvalue weighted by Crippen LogP contribution is -2.13. The standard InChI is InChI=1S/C26H23NO5/c1-29-23-11-7-6-10-22(23)20(18-27)16-19-12-13-24(25(17-19)30-2)32-26(28)14-15-31-21-8-4-3-5-9-21/h3-13,16-17H,14-15H2,1-2H3/b20-16-. The molecule has 0 unspecified atom stereocenters. The predicted octanol–water partition coefficient (Wildman–Crippen LogP) is 5.14. The molecule has 0 amide bonds. The van der Waals surface area contributed by atoms with E-state index < -0.39 is 5.97 Å². The van der Waals surface area contributed by atoms with Crippen molar-refractivity contribution in [2.75, 3.05) is 20.8 Å². The van der Waals surface area contributed by atoms with E-state index in [0.717, 1.165) is 5.56 Å². The van der Waals surface area contributed by atoms with Crippen LogP contribution >= 0.6 is 0 Å². The van der Waals surface area contributed by atoms with E-state index in [9.17, 15) is 10.1 Å². The van der Waals surface area contributed by atoms with Gasteiger partial charge in [0, 0.05) is 5.56 Å². The maximum Gasteiger partial charge on any atom is 0.314 e. The third-order valence-corrected chi connectivity index (χ3v) is 4.56. The van der Waals surface area contributed by atoms with Gasteiger partial charge in [-0.3, -0.25) is 4.79 Å². The van der Waals surface area contributed by atoms with Crippen LogP contribution in [-0.2, 0) is 4.79 Å². The van der Waals surface area contributed by atoms with Gasteiger partial charge in [0.25, 0.3) is 0 Å². The zero-order valence-corrected chi connectivity index (χ0v) is 17.9. The van der Waals surface area contributed by atoms with Gasteiger partial charge in [-0.1, -0.05) is 36.4 Å². The number of para-hydroxylation sites is 2. The number of hydrogen-bond acceptors (Lipinski definition) is 6. The summed E-state index contributed by atoms with van der Waals surface area (Å²) >= 11 is 0. The maximum absolute atomic E-state index is 12.2. The number of rotatable bonds is 9. The summed E-state index contributed by atoms with van der Waals surface area (Å²) in [6.45, 7) is 0.205. The van der Waals surface area contributed by atoms with Crippen molar-refractivity contribution in [3.8, 4) is 29.1 Å². The highest BCUT2D eigenvalue weighted by atomic mass is 16.6. The Bertz CT molecular complexity index is 1130. The number of allylic oxidation sites excluding steroid dienone is 1. The molecule has 0 N–H and O–H groups in total. The van der Waals surface area contributed by atoms with Crippen molar-refractivity contribution >= 4 is 17.6 Å². The molecule has 0 spiro atoms. The van der Waals surface area contributed by atoms with Crippen LogP contribution in [0.25, 0.3) is 11.6 Å². The highest BCUT2D eigenvalue weighted by Gasteiger charge is 2.12. The number of esters is 1. The molecule has 6 nitrogen and oxygen atoms in total. The summed E-state index contributed by atoms with van der Waals surface area (Å²) in [7, 11) is 3.05. The molecule has 162 valence electrons. The number of methoxy groups -OCH3 is 2. The van der Waals surface area contributed by atoms with Gasteiger partial charge < -0.3 is 18.9 Å². The second-order valence-corrected chi connectivity index (χ2v) is 6.67. The highest BCUT2D eigenvalue weighted by Crippen LogP contribution is 2.32. The van der Waals surface area contributed by atoms with Gasteiger partial charge in [-0.15, -0.1) is 0 Å². The molecular weight excluding hydrogens is 406 g/mol. The molecule has 3 rings (SSSR count). The molecule has 0 aliphatic rings. The lowest BCUT2D eigenvalue weighted by molar-refractivity contribution is -0.135. The summed E-state index contributed by atoms with van der Waals surface area (Å²) in [5, 5.41) is 9.64. The number of hydrogen-bond donors (Lipinski definition) is 0. The third kappa shape index (κ3) is 5.89. The van der Waals surface area contributed by atoms with Crippen LogP contribution in [0.5, 0.6) is 23.0 Å². The van der Waals surface area contributed by atoms with E-state index in [0.29, 0.717) is 34.1 Å². The van der Waals surface area contributed by atoms with Crippen LogP contribution in [0, 0.1) is 11.3 Å². The Kier molecular flexibility index (Phi) is 7.88. The number of benzene rings is 3. The summed E-state index contributed by atoms with van der Waals surface area (Å²) < 4.78 is 21.7. The Hall–Kier alpha value is -4.24. The van der Waals surface area contributed by atoms with Crippen LogP contribution in [0.3, 0.4) is 0 Å². The van der Waals surface area contributed by atoms with E-state index in [1.807, 2.05) is 48.5 Å². The average molecular weight is 429 g/mol. The molecule has 0 bridgehead atoms. The van der Waals surface area contributed by atoms with Crippen LogP contribution in [0.4, 0.5) is 0 Å². The zero-order chi connectivity index (χ0) is 22.8. The van der Waals surface area contributed by atoms with Crippen molar-refractivity contribution in [1.82, 2.24) is 0 Å². The summed E-state index contributed by atoms with van der Waals surface area (Å²) in [6, 6.07) is 23.8. The molecule has 0 aromatic heterocycles. The molecule has 0 saturated heterocycles. The minimum absolute atomic E-state index is 0.0894. The SMILES string of the molecule is COc1cc(/C=C(/C#N)c2ccccc2OC)ccc1OC(=O)CCOc1ccccc1. The van der Waals surface area contributed by atoms with Crippen molar-refractivity contribution in [2.45, 2.75) is 6.42 Å². The number of ether oxygens (including phenoxy) is 4. The Morgan fingerprint density at radius 1 is 0.906 bits per heavy atom. The van der Waals surface area contributed by atoms with Gasteiger partial charge >= 0.3 is 5.97 Å². The first-order valence-electron chi connectivity index (χ1n) is 9.96. The summed E-state index contributed by atoms with van der Waals surface area (Å²) in [5.74, 6) is 1.54. The smallest absolute Gasteiger partial charge is 0.314 e. The van der Waals surface area contributed by atoms with Gasteiger partial charge in [0.05, 0.1) is 38.9 Å². The molecule has 6 heteroatoms. The molecule has 0 atom stereocenters. The van der Waals surface area contributed by atoms with Gasteiger partial charge in [-0.05, 0) is 48.0 Å². The van der Waals surface area contributed by atoms with Crippen molar-refractivity contribution < 1.29 is 23.7 Å². The summed E-state index contributed by atoms with van der Waals surface area (Å²) in [5.41, 5.74) is 1.84. The van der Waals surface area contributed by atoms with E-state index in [4.69, 9.17) is 18.9 Å². The van der Waals surface area contributed by atoms with Crippen molar-refractivity contribution in [2.24, 2.45) is 0 Å². The molecule has 0 heterocycles. The fraction of sp³-hybridized carbons (Fsp3) is 0.154. The predicted molar refractivity (Wildman–Crippen MR) is 122 cm³/mol. The van der Waals surface area contributed by atoms with Gasteiger partial charge in [-0.25, -0.2) is 0 Å². The van der Waals surface area contributed by atoms with E-state index in [1.165, 1.54) is 7.11 Å². The van der Waals surface area contributed by atoms with Gasteiger partial charge in [-0.2, -0.15) is 5.26 Å². The second-order valence-electron chi connectivity index (χ2n) is 6.67. The molecule has 3 aromatic carbocycles. The second kappa shape index (κ2) is 11.2. The Balaban J connectivity index is 1.70. The summed E-state index contributed by atoms with van der Waals surface area (Å²) in [6.07, 6.45) is 1.81. The highest BCUT2D eigenvalue weighted by molar-refractivity contribution is 5.92. The van der Waals surface area contributed by atoms with Crippen molar-refractivity contribution in [3.05, 3.63) is 83.9 Å². The van der Waals surface area contributed by atoms with Crippen LogP contribution in [-0.4, -0.2) is 26.8 Å². The Morgan fingerprint density at radius 3 is 2.34 bits per heavy atom. The van der Waals surface area contributed by atoms with Crippen molar-refractivity contribution in [1.29, 1.82) is 5.26 Å². The van der Waals surface area contributed by atoms with Crippen LogP contribution in [0.15, 0.2) is 72.8 Å². The first kappa shape index (κ1) is 22.4. The van der Waals surface area contributed by atoms with Gasteiger partial charge in [0.2, 0.25) is 0 Å². The summed E-state index contributed by atoms with van der Waals surface area (Å²) in [4.78, 5) is 12.2. The van der Waals surface area contributed by atoms with E-state index >= 15 is 0 Å². The normalized spacial score (nSPS) is 10.7. The molecule has 0 aliphatic heterocycles. The molecule has 0 radical (unpaired) electrons. The molecule has 0 aliphatic carbocycles. The van der Waals surface area contributed by atoms with E-state index in [2.05, 4.69) is 6.07 Å². The Morgan fingerprint density at radius 2 is 1.62 bits per heavy atom. The zero-order valence-electron chi connectivity index (χ0n) is 17.9. The van der Waals surface area contributed by atoms with Gasteiger partial charge in [0.1, 0.15) is 11.5 Å². The van der Waals surface area contributed by atoms with E-state index in [-0.39, 0.29) is 13.0 Å². The number of carbonyl (C=O) groups excluding carboxylic acids is 1. The lowest BCUT2D eigenvalue weighted by atomic mass is 10.0. The number of carbonyl (C=O) groups is 1. The molecule has 0 saturated carbocycles. The first-order valence-corrected chi connectivity index (χ1v) is 9.96. The lowest BCUT2D eigenvalue weighted by Gasteiger charge is -2.11. The molecule has 0 fully saturated rings. The molecular formula is C26H23NO5. The van der Waals surface area contributed by atoms with E-state index in [1.54, 1.807) is 37.5 Å². The fourth-order valence-corrected chi connectivity index (χ4v) is 3.00. The van der Waals surface area contributed by atoms with Crippen LogP contribution in [0.2, 0.25) is 0 Å². The Labute approximate surface area is 187 Å². The largest absolute Gasteiger partial charge is 0.496 e. The maximum atomic E-state index is 12.2. The average Bonchev–Trinajstić information content (AvgIpc) is 2.84. The minimum atomic E-state index is -0.436. The third-order valence-electron chi connectivity index (χ3n) is 4.56. The topological polar surface area (TPSA) is 77.8 Å². The number of nitriles is 1. The van der Waals surface area contributed by atoms with Gasteiger partial charge in [0.15, 0.2) is 11.5 Å². The first-order chi connectivity index (χ1) is 15.6. The van der Waals surface area contributed by atoms with Crippen LogP contribution in [0.1, 0.15) is 17.5 Å². The monoisotopic (exact) mass is 429 g/mol. The molecule has 32 heavy (non-hydrogen) atoms. The quantitative estimate of drug-likeness (QED) is 0.203. The molecule has 3 aromatic rings. The number of nitrogens with zero attached hydrogens (tertiary/aromatic N) is 1. The van der Waals surface area contributed by atoms with Crippen LogP contribution < -0.4 is 18.9 Å². The minimum Gasteiger partial charge on any atom is -0.496 e. The van der Waals surface area contributed by atoms with Crippen molar-refractivity contribution in [3.63, 3.8) is 0 Å².